The number of morpholine rings is 1. The molecule has 1 unspecified atom stereocenters. The molecule has 0 aliphatic carbocycles. The van der Waals surface area contributed by atoms with Crippen LogP contribution in [0.15, 0.2) is 17.4 Å². The van der Waals surface area contributed by atoms with Crippen LogP contribution in [-0.2, 0) is 16.5 Å². The number of guanidine groups is 1. The number of nitrogens with zero attached hydrogens (tertiary/aromatic N) is 4. The highest BCUT2D eigenvalue weighted by Crippen LogP contribution is 2.21. The van der Waals surface area contributed by atoms with Crippen molar-refractivity contribution in [1.82, 2.24) is 20.0 Å². The van der Waals surface area contributed by atoms with Gasteiger partial charge in [-0.05, 0) is 12.3 Å². The summed E-state index contributed by atoms with van der Waals surface area (Å²) in [6, 6.07) is 0. The monoisotopic (exact) mass is 465 g/mol. The van der Waals surface area contributed by atoms with E-state index < -0.39 is 0 Å². The molecule has 2 rings (SSSR count). The van der Waals surface area contributed by atoms with Crippen molar-refractivity contribution in [2.75, 3.05) is 46.5 Å². The van der Waals surface area contributed by atoms with Gasteiger partial charge in [-0.25, -0.2) is 0 Å². The molecule has 144 valence electrons. The maximum Gasteiger partial charge on any atom is 0.193 e. The molecule has 2 heterocycles. The van der Waals surface area contributed by atoms with Crippen LogP contribution in [0.2, 0.25) is 0 Å². The van der Waals surface area contributed by atoms with Crippen LogP contribution >= 0.6 is 24.0 Å². The highest BCUT2D eigenvalue weighted by Gasteiger charge is 2.24. The van der Waals surface area contributed by atoms with E-state index in [1.807, 2.05) is 31.2 Å². The van der Waals surface area contributed by atoms with Crippen LogP contribution in [0.4, 0.5) is 0 Å². The number of nitrogens with one attached hydrogen (secondary N) is 1. The second-order valence-corrected chi connectivity index (χ2v) is 6.55. The Labute approximate surface area is 168 Å². The third-order valence-corrected chi connectivity index (χ3v) is 3.87. The van der Waals surface area contributed by atoms with Crippen LogP contribution in [0.3, 0.4) is 0 Å². The van der Waals surface area contributed by atoms with Crippen molar-refractivity contribution in [2.45, 2.75) is 26.4 Å². The quantitative estimate of drug-likeness (QED) is 0.289. The minimum atomic E-state index is 0. The number of halogens is 1. The van der Waals surface area contributed by atoms with Crippen LogP contribution in [-0.4, -0.2) is 67.1 Å². The van der Waals surface area contributed by atoms with Crippen LogP contribution < -0.4 is 5.32 Å². The molecule has 1 aliphatic rings. The summed E-state index contributed by atoms with van der Waals surface area (Å²) in [5, 5.41) is 7.65. The number of aliphatic imine (C=N–C) groups is 1. The lowest BCUT2D eigenvalue weighted by molar-refractivity contribution is -0.00806. The van der Waals surface area contributed by atoms with Crippen molar-refractivity contribution in [1.29, 1.82) is 0 Å². The molecular weight excluding hydrogens is 433 g/mol. The number of hydrogen-bond donors (Lipinski definition) is 1. The zero-order valence-corrected chi connectivity index (χ0v) is 18.1. The second kappa shape index (κ2) is 11.7. The van der Waals surface area contributed by atoms with Gasteiger partial charge in [-0.2, -0.15) is 5.10 Å². The van der Waals surface area contributed by atoms with E-state index in [4.69, 9.17) is 9.47 Å². The first kappa shape index (κ1) is 22.2. The van der Waals surface area contributed by atoms with Gasteiger partial charge in [0.2, 0.25) is 0 Å². The summed E-state index contributed by atoms with van der Waals surface area (Å²) in [7, 11) is 3.75. The van der Waals surface area contributed by atoms with Gasteiger partial charge in [-0.1, -0.05) is 13.8 Å². The fourth-order valence-corrected chi connectivity index (χ4v) is 2.68. The van der Waals surface area contributed by atoms with Gasteiger partial charge in [0.1, 0.15) is 6.10 Å². The Morgan fingerprint density at radius 1 is 1.52 bits per heavy atom. The molecule has 0 bridgehead atoms. The van der Waals surface area contributed by atoms with E-state index in [9.17, 15) is 0 Å². The highest BCUT2D eigenvalue weighted by atomic mass is 127. The van der Waals surface area contributed by atoms with Gasteiger partial charge in [0.25, 0.3) is 0 Å². The summed E-state index contributed by atoms with van der Waals surface area (Å²) in [6.45, 7) is 9.12. The second-order valence-electron chi connectivity index (χ2n) is 6.55. The van der Waals surface area contributed by atoms with Crippen LogP contribution in [0, 0.1) is 5.92 Å². The molecule has 0 spiro atoms. The van der Waals surface area contributed by atoms with E-state index in [0.717, 1.165) is 50.8 Å². The molecule has 1 saturated heterocycles. The van der Waals surface area contributed by atoms with Gasteiger partial charge in [-0.15, -0.1) is 24.0 Å². The molecule has 0 radical (unpaired) electrons. The molecule has 0 saturated carbocycles. The maximum atomic E-state index is 5.88. The molecule has 0 amide bonds. The van der Waals surface area contributed by atoms with Crippen LogP contribution in [0.5, 0.6) is 0 Å². The summed E-state index contributed by atoms with van der Waals surface area (Å²) < 4.78 is 13.3. The summed E-state index contributed by atoms with van der Waals surface area (Å²) in [5.41, 5.74) is 1.11. The SMILES string of the molecule is CN=C(NCCCOCC(C)C)N1CCOC(c2cnn(C)c2)C1.I. The zero-order valence-electron chi connectivity index (χ0n) is 15.8. The molecule has 0 aromatic carbocycles. The third-order valence-electron chi connectivity index (χ3n) is 3.87. The summed E-state index contributed by atoms with van der Waals surface area (Å²) in [6.07, 6.45) is 4.90. The lowest BCUT2D eigenvalue weighted by atomic mass is 10.1. The van der Waals surface area contributed by atoms with Gasteiger partial charge in [0, 0.05) is 52.2 Å². The van der Waals surface area contributed by atoms with Gasteiger partial charge in [0.15, 0.2) is 5.96 Å². The standard InChI is InChI=1S/C17H31N5O2.HI/c1-14(2)13-23-8-5-6-19-17(18-3)22-7-9-24-16(12-22)15-10-20-21(4)11-15;/h10-11,14,16H,5-9,12-13H2,1-4H3,(H,18,19);1H. The first-order chi connectivity index (χ1) is 11.6. The van der Waals surface area contributed by atoms with Crippen LogP contribution in [0.1, 0.15) is 31.9 Å². The molecule has 8 heteroatoms. The van der Waals surface area contributed by atoms with Crippen molar-refractivity contribution in [2.24, 2.45) is 18.0 Å². The maximum absolute atomic E-state index is 5.88. The van der Waals surface area contributed by atoms with Gasteiger partial charge < -0.3 is 19.7 Å². The molecule has 1 aliphatic heterocycles. The molecular formula is C17H32IN5O2. The van der Waals surface area contributed by atoms with Crippen molar-refractivity contribution in [3.05, 3.63) is 18.0 Å². The summed E-state index contributed by atoms with van der Waals surface area (Å²) in [5.74, 6) is 1.51. The molecule has 1 fully saturated rings. The van der Waals surface area contributed by atoms with Crippen molar-refractivity contribution in [3.63, 3.8) is 0 Å². The average Bonchev–Trinajstić information content (AvgIpc) is 3.01. The Morgan fingerprint density at radius 3 is 2.96 bits per heavy atom. The number of hydrogen-bond acceptors (Lipinski definition) is 4. The number of aromatic nitrogens is 2. The van der Waals surface area contributed by atoms with E-state index >= 15 is 0 Å². The lowest BCUT2D eigenvalue weighted by Crippen LogP contribution is -2.48. The van der Waals surface area contributed by atoms with E-state index in [-0.39, 0.29) is 30.1 Å². The first-order valence-corrected chi connectivity index (χ1v) is 8.73. The largest absolute Gasteiger partial charge is 0.381 e. The summed E-state index contributed by atoms with van der Waals surface area (Å²) >= 11 is 0. The fourth-order valence-electron chi connectivity index (χ4n) is 2.68. The topological polar surface area (TPSA) is 63.9 Å². The Bertz CT molecular complexity index is 521. The molecule has 7 nitrogen and oxygen atoms in total. The van der Waals surface area contributed by atoms with E-state index in [1.54, 1.807) is 0 Å². The van der Waals surface area contributed by atoms with Crippen molar-refractivity contribution >= 4 is 29.9 Å². The van der Waals surface area contributed by atoms with Gasteiger partial charge in [-0.3, -0.25) is 9.67 Å². The van der Waals surface area contributed by atoms with Gasteiger partial charge in [0.05, 0.1) is 19.3 Å². The molecule has 1 aromatic rings. The number of ether oxygens (including phenoxy) is 2. The predicted octanol–water partition coefficient (Wildman–Crippen LogP) is 2.05. The Morgan fingerprint density at radius 2 is 2.32 bits per heavy atom. The lowest BCUT2D eigenvalue weighted by Gasteiger charge is -2.34. The van der Waals surface area contributed by atoms with E-state index in [0.29, 0.717) is 12.5 Å². The Balaban J connectivity index is 0.00000312. The van der Waals surface area contributed by atoms with Crippen LogP contribution in [0.25, 0.3) is 0 Å². The Kier molecular flexibility index (Phi) is 10.4. The summed E-state index contributed by atoms with van der Waals surface area (Å²) in [4.78, 5) is 6.65. The minimum Gasteiger partial charge on any atom is -0.381 e. The molecule has 1 aromatic heterocycles. The highest BCUT2D eigenvalue weighted by molar-refractivity contribution is 14.0. The third kappa shape index (κ3) is 7.49. The molecule has 1 atom stereocenters. The number of aryl methyl sites for hydroxylation is 1. The van der Waals surface area contributed by atoms with Crippen molar-refractivity contribution < 1.29 is 9.47 Å². The van der Waals surface area contributed by atoms with E-state index in [2.05, 4.69) is 34.2 Å². The van der Waals surface area contributed by atoms with Gasteiger partial charge >= 0.3 is 0 Å². The normalized spacial score (nSPS) is 18.4. The Hall–Kier alpha value is -0.870. The smallest absolute Gasteiger partial charge is 0.193 e. The molecule has 1 N–H and O–H groups in total. The number of rotatable bonds is 7. The molecule has 25 heavy (non-hydrogen) atoms. The first-order valence-electron chi connectivity index (χ1n) is 8.73. The zero-order chi connectivity index (χ0) is 17.4. The predicted molar refractivity (Wildman–Crippen MR) is 111 cm³/mol. The van der Waals surface area contributed by atoms with Crippen molar-refractivity contribution in [3.8, 4) is 0 Å². The average molecular weight is 465 g/mol. The van der Waals surface area contributed by atoms with E-state index in [1.165, 1.54) is 0 Å². The minimum absolute atomic E-state index is 0. The fraction of sp³-hybridized carbons (Fsp3) is 0.765.